The SMILES string of the molecule is COc1cc(/C=C\C(N)=O)cc(CCl)c1O. The fourth-order valence-electron chi connectivity index (χ4n) is 1.22. The zero-order valence-corrected chi connectivity index (χ0v) is 9.49. The quantitative estimate of drug-likeness (QED) is 0.622. The van der Waals surface area contributed by atoms with Gasteiger partial charge >= 0.3 is 0 Å². The first-order valence-corrected chi connectivity index (χ1v) is 5.05. The van der Waals surface area contributed by atoms with Gasteiger partial charge in [-0.25, -0.2) is 0 Å². The van der Waals surface area contributed by atoms with E-state index in [0.29, 0.717) is 16.9 Å². The van der Waals surface area contributed by atoms with E-state index in [4.69, 9.17) is 22.1 Å². The number of benzene rings is 1. The highest BCUT2D eigenvalue weighted by Gasteiger charge is 2.08. The molecule has 0 aliphatic rings. The van der Waals surface area contributed by atoms with Gasteiger partial charge in [-0.15, -0.1) is 11.6 Å². The molecular weight excluding hydrogens is 230 g/mol. The number of phenolic OH excluding ortho intramolecular Hbond substituents is 1. The average molecular weight is 242 g/mol. The third-order valence-electron chi connectivity index (χ3n) is 1.98. The molecule has 0 radical (unpaired) electrons. The first kappa shape index (κ1) is 12.4. The van der Waals surface area contributed by atoms with Gasteiger partial charge < -0.3 is 15.6 Å². The summed E-state index contributed by atoms with van der Waals surface area (Å²) in [5.41, 5.74) is 6.20. The van der Waals surface area contributed by atoms with Crippen LogP contribution in [0.15, 0.2) is 18.2 Å². The zero-order chi connectivity index (χ0) is 12.1. The second kappa shape index (κ2) is 5.42. The second-order valence-corrected chi connectivity index (χ2v) is 3.37. The van der Waals surface area contributed by atoms with Gasteiger partial charge in [0.25, 0.3) is 0 Å². The Kier molecular flexibility index (Phi) is 4.19. The van der Waals surface area contributed by atoms with Crippen molar-refractivity contribution in [2.24, 2.45) is 5.73 Å². The van der Waals surface area contributed by atoms with Crippen molar-refractivity contribution in [2.75, 3.05) is 7.11 Å². The fraction of sp³-hybridized carbons (Fsp3) is 0.182. The van der Waals surface area contributed by atoms with E-state index in [9.17, 15) is 9.90 Å². The van der Waals surface area contributed by atoms with Crippen LogP contribution in [0.4, 0.5) is 0 Å². The van der Waals surface area contributed by atoms with Gasteiger partial charge in [0.2, 0.25) is 5.91 Å². The van der Waals surface area contributed by atoms with Crippen molar-refractivity contribution in [3.63, 3.8) is 0 Å². The summed E-state index contributed by atoms with van der Waals surface area (Å²) < 4.78 is 4.98. The predicted molar refractivity (Wildman–Crippen MR) is 62.4 cm³/mol. The summed E-state index contributed by atoms with van der Waals surface area (Å²) in [6.07, 6.45) is 2.75. The molecule has 3 N–H and O–H groups in total. The maximum atomic E-state index is 10.6. The normalized spacial score (nSPS) is 10.6. The molecule has 0 saturated heterocycles. The van der Waals surface area contributed by atoms with E-state index in [-0.39, 0.29) is 11.6 Å². The van der Waals surface area contributed by atoms with Crippen LogP contribution in [0.1, 0.15) is 11.1 Å². The molecule has 4 nitrogen and oxygen atoms in total. The first-order valence-electron chi connectivity index (χ1n) is 4.51. The zero-order valence-electron chi connectivity index (χ0n) is 8.74. The molecule has 16 heavy (non-hydrogen) atoms. The largest absolute Gasteiger partial charge is 0.504 e. The van der Waals surface area contributed by atoms with E-state index < -0.39 is 5.91 Å². The molecule has 1 aromatic carbocycles. The third-order valence-corrected chi connectivity index (χ3v) is 2.27. The number of alkyl halides is 1. The Morgan fingerprint density at radius 2 is 2.31 bits per heavy atom. The Bertz CT molecular complexity index is 404. The van der Waals surface area contributed by atoms with Crippen molar-refractivity contribution in [2.45, 2.75) is 5.88 Å². The standard InChI is InChI=1S/C11H12ClNO3/c1-16-9-5-7(2-3-10(13)14)4-8(6-12)11(9)15/h2-5,15H,6H2,1H3,(H2,13,14)/b3-2-. The molecule has 1 amide bonds. The van der Waals surface area contributed by atoms with E-state index >= 15 is 0 Å². The van der Waals surface area contributed by atoms with Gasteiger partial charge in [0, 0.05) is 11.6 Å². The lowest BCUT2D eigenvalue weighted by Crippen LogP contribution is -2.05. The summed E-state index contributed by atoms with van der Waals surface area (Å²) in [5.74, 6) is -0.0732. The Hall–Kier alpha value is -1.68. The summed E-state index contributed by atoms with van der Waals surface area (Å²) >= 11 is 5.66. The maximum absolute atomic E-state index is 10.6. The average Bonchev–Trinajstić information content (AvgIpc) is 2.27. The number of halogens is 1. The molecule has 0 atom stereocenters. The number of hydrogen-bond donors (Lipinski definition) is 2. The van der Waals surface area contributed by atoms with Crippen molar-refractivity contribution in [3.05, 3.63) is 29.3 Å². The summed E-state index contributed by atoms with van der Waals surface area (Å²) in [6.45, 7) is 0. The van der Waals surface area contributed by atoms with Crippen LogP contribution in [0.5, 0.6) is 11.5 Å². The Morgan fingerprint density at radius 3 is 2.81 bits per heavy atom. The fourth-order valence-corrected chi connectivity index (χ4v) is 1.42. The summed E-state index contributed by atoms with van der Waals surface area (Å²) in [5, 5.41) is 9.67. The Balaban J connectivity index is 3.16. The molecule has 5 heteroatoms. The highest BCUT2D eigenvalue weighted by atomic mass is 35.5. The van der Waals surface area contributed by atoms with E-state index in [0.717, 1.165) is 0 Å². The molecule has 0 aromatic heterocycles. The lowest BCUT2D eigenvalue weighted by molar-refractivity contribution is -0.113. The minimum atomic E-state index is -0.542. The van der Waals surface area contributed by atoms with Gasteiger partial charge in [-0.3, -0.25) is 4.79 Å². The predicted octanol–water partition coefficient (Wildman–Crippen LogP) is 1.64. The van der Waals surface area contributed by atoms with Crippen LogP contribution in [0.25, 0.3) is 6.08 Å². The number of carbonyl (C=O) groups excluding carboxylic acids is 1. The minimum absolute atomic E-state index is 0.00808. The van der Waals surface area contributed by atoms with Crippen molar-refractivity contribution in [3.8, 4) is 11.5 Å². The maximum Gasteiger partial charge on any atom is 0.241 e. The number of aromatic hydroxyl groups is 1. The van der Waals surface area contributed by atoms with Crippen LogP contribution in [-0.4, -0.2) is 18.1 Å². The molecule has 0 heterocycles. The lowest BCUT2D eigenvalue weighted by atomic mass is 10.1. The Morgan fingerprint density at radius 1 is 1.62 bits per heavy atom. The van der Waals surface area contributed by atoms with Crippen molar-refractivity contribution in [1.82, 2.24) is 0 Å². The smallest absolute Gasteiger partial charge is 0.241 e. The van der Waals surface area contributed by atoms with E-state index in [1.165, 1.54) is 19.3 Å². The Labute approximate surface area is 98.3 Å². The van der Waals surface area contributed by atoms with Gasteiger partial charge in [-0.2, -0.15) is 0 Å². The van der Waals surface area contributed by atoms with Crippen molar-refractivity contribution >= 4 is 23.6 Å². The van der Waals surface area contributed by atoms with Crippen LogP contribution in [0, 0.1) is 0 Å². The van der Waals surface area contributed by atoms with Gasteiger partial charge in [0.1, 0.15) is 0 Å². The van der Waals surface area contributed by atoms with E-state index in [2.05, 4.69) is 0 Å². The molecule has 0 unspecified atom stereocenters. The number of nitrogens with two attached hydrogens (primary N) is 1. The number of methoxy groups -OCH3 is 1. The van der Waals surface area contributed by atoms with Crippen molar-refractivity contribution in [1.29, 1.82) is 0 Å². The minimum Gasteiger partial charge on any atom is -0.504 e. The van der Waals surface area contributed by atoms with Crippen LogP contribution in [-0.2, 0) is 10.7 Å². The van der Waals surface area contributed by atoms with Gasteiger partial charge in [-0.1, -0.05) is 0 Å². The number of carbonyl (C=O) groups is 1. The molecule has 1 rings (SSSR count). The molecule has 0 bridgehead atoms. The molecule has 0 aliphatic heterocycles. The molecule has 86 valence electrons. The summed E-state index contributed by atoms with van der Waals surface area (Å²) in [6, 6.07) is 3.25. The number of primary amides is 1. The topological polar surface area (TPSA) is 72.5 Å². The highest BCUT2D eigenvalue weighted by molar-refractivity contribution is 6.17. The first-order chi connectivity index (χ1) is 7.58. The number of hydrogen-bond acceptors (Lipinski definition) is 3. The second-order valence-electron chi connectivity index (χ2n) is 3.10. The van der Waals surface area contributed by atoms with Crippen LogP contribution < -0.4 is 10.5 Å². The van der Waals surface area contributed by atoms with Crippen molar-refractivity contribution < 1.29 is 14.6 Å². The van der Waals surface area contributed by atoms with Gasteiger partial charge in [0.15, 0.2) is 11.5 Å². The molecule has 0 spiro atoms. The molecule has 1 aromatic rings. The number of amides is 1. The van der Waals surface area contributed by atoms with Crippen LogP contribution in [0.3, 0.4) is 0 Å². The summed E-state index contributed by atoms with van der Waals surface area (Å²) in [7, 11) is 1.44. The van der Waals surface area contributed by atoms with Gasteiger partial charge in [-0.05, 0) is 23.8 Å². The molecule has 0 fully saturated rings. The van der Waals surface area contributed by atoms with Crippen LogP contribution >= 0.6 is 11.6 Å². The molecule has 0 aliphatic carbocycles. The molecule has 0 saturated carbocycles. The lowest BCUT2D eigenvalue weighted by Gasteiger charge is -2.08. The van der Waals surface area contributed by atoms with E-state index in [1.54, 1.807) is 12.1 Å². The number of rotatable bonds is 4. The highest BCUT2D eigenvalue weighted by Crippen LogP contribution is 2.32. The van der Waals surface area contributed by atoms with Gasteiger partial charge in [0.05, 0.1) is 13.0 Å². The molecular formula is C11H12ClNO3. The van der Waals surface area contributed by atoms with E-state index in [1.807, 2.05) is 0 Å². The summed E-state index contributed by atoms with van der Waals surface area (Å²) in [4.78, 5) is 10.6. The monoisotopic (exact) mass is 241 g/mol. The number of phenols is 1. The van der Waals surface area contributed by atoms with Crippen LogP contribution in [0.2, 0.25) is 0 Å². The number of ether oxygens (including phenoxy) is 1. The third kappa shape index (κ3) is 2.90.